The molecule has 0 atom stereocenters. The van der Waals surface area contributed by atoms with Gasteiger partial charge in [-0.2, -0.15) is 13.1 Å². The molecule has 0 bridgehead atoms. The van der Waals surface area contributed by atoms with Crippen LogP contribution in [-0.2, 0) is 28.0 Å². The predicted molar refractivity (Wildman–Crippen MR) is 113 cm³/mol. The zero-order valence-corrected chi connectivity index (χ0v) is 18.4. The van der Waals surface area contributed by atoms with Gasteiger partial charge in [0, 0.05) is 24.7 Å². The maximum atomic E-state index is 12.0. The maximum Gasteiger partial charge on any atom is 0.422 e. The van der Waals surface area contributed by atoms with Crippen molar-refractivity contribution in [1.29, 1.82) is 0 Å². The van der Waals surface area contributed by atoms with Crippen molar-refractivity contribution in [3.05, 3.63) is 41.7 Å². The molecule has 3 amide bonds. The molecule has 12 heteroatoms. The quantitative estimate of drug-likeness (QED) is 0.635. The van der Waals surface area contributed by atoms with E-state index in [0.717, 1.165) is 11.1 Å². The number of benzene rings is 1. The molecule has 1 aliphatic heterocycles. The van der Waals surface area contributed by atoms with Crippen molar-refractivity contribution in [2.45, 2.75) is 39.5 Å². The molecule has 0 fully saturated rings. The second-order valence-corrected chi connectivity index (χ2v) is 9.46. The van der Waals surface area contributed by atoms with E-state index in [1.165, 1.54) is 11.2 Å². The lowest BCUT2D eigenvalue weighted by Crippen LogP contribution is -2.42. The minimum absolute atomic E-state index is 0.0287. The first-order chi connectivity index (χ1) is 14.4. The molecule has 0 radical (unpaired) electrons. The molecule has 0 spiro atoms. The van der Waals surface area contributed by atoms with Gasteiger partial charge in [-0.05, 0) is 26.3 Å². The lowest BCUT2D eigenvalue weighted by molar-refractivity contribution is 0.0569. The summed E-state index contributed by atoms with van der Waals surface area (Å²) in [5.41, 5.74) is 2.12. The van der Waals surface area contributed by atoms with Gasteiger partial charge < -0.3 is 9.64 Å². The number of hydrogen-bond donors (Lipinski definition) is 3. The van der Waals surface area contributed by atoms with Crippen molar-refractivity contribution in [2.24, 2.45) is 0 Å². The van der Waals surface area contributed by atoms with Crippen LogP contribution in [0, 0.1) is 0 Å². The van der Waals surface area contributed by atoms with Crippen LogP contribution in [0.4, 0.5) is 15.4 Å². The minimum Gasteiger partial charge on any atom is -0.443 e. The molecule has 0 saturated carbocycles. The highest BCUT2D eigenvalue weighted by molar-refractivity contribution is 7.88. The van der Waals surface area contributed by atoms with Crippen LogP contribution in [0.1, 0.15) is 31.9 Å². The first kappa shape index (κ1) is 22.4. The number of carbonyl (C=O) groups is 2. The summed E-state index contributed by atoms with van der Waals surface area (Å²) in [6.07, 6.45) is 0.324. The Kier molecular flexibility index (Phi) is 6.13. The molecule has 2 aromatic rings. The standard InChI is InChI=1S/C19H24N6O5S/c1-19(2,3)30-18(27)24-31(28,29)22-9-12-5-7-13(8-6-12)15-14-10-25(4)17(26)23-16(14)21-11-20-15/h5-8,11,22H,9-10H2,1-4H3,(H,24,27)(H,20,21,23,26). The monoisotopic (exact) mass is 448 g/mol. The fourth-order valence-corrected chi connectivity index (χ4v) is 3.52. The summed E-state index contributed by atoms with van der Waals surface area (Å²) in [6.45, 7) is 5.24. The van der Waals surface area contributed by atoms with E-state index in [-0.39, 0.29) is 12.6 Å². The van der Waals surface area contributed by atoms with Gasteiger partial charge in [0.1, 0.15) is 17.7 Å². The number of amides is 3. The normalized spacial score (nSPS) is 13.9. The summed E-state index contributed by atoms with van der Waals surface area (Å²) in [4.78, 5) is 33.4. The average molecular weight is 449 g/mol. The Bertz CT molecular complexity index is 1100. The molecular formula is C19H24N6O5S. The summed E-state index contributed by atoms with van der Waals surface area (Å²) in [6, 6.07) is 6.84. The average Bonchev–Trinajstić information content (AvgIpc) is 2.65. The third-order valence-corrected chi connectivity index (χ3v) is 5.18. The van der Waals surface area contributed by atoms with Crippen LogP contribution in [0.3, 0.4) is 0 Å². The fourth-order valence-electron chi connectivity index (χ4n) is 2.83. The highest BCUT2D eigenvalue weighted by Gasteiger charge is 2.24. The second kappa shape index (κ2) is 8.47. The van der Waals surface area contributed by atoms with Crippen LogP contribution in [-0.4, -0.2) is 48.1 Å². The molecule has 2 heterocycles. The van der Waals surface area contributed by atoms with E-state index in [2.05, 4.69) is 20.0 Å². The van der Waals surface area contributed by atoms with Gasteiger partial charge in [-0.1, -0.05) is 24.3 Å². The van der Waals surface area contributed by atoms with Crippen molar-refractivity contribution in [1.82, 2.24) is 24.3 Å². The Balaban J connectivity index is 1.67. The van der Waals surface area contributed by atoms with Crippen molar-refractivity contribution in [3.8, 4) is 11.3 Å². The van der Waals surface area contributed by atoms with E-state index in [1.54, 1.807) is 56.8 Å². The third-order valence-electron chi connectivity index (χ3n) is 4.22. The smallest absolute Gasteiger partial charge is 0.422 e. The number of ether oxygens (including phenoxy) is 1. The Hall–Kier alpha value is -3.25. The summed E-state index contributed by atoms with van der Waals surface area (Å²) in [5.74, 6) is 0.471. The zero-order chi connectivity index (χ0) is 22.8. The minimum atomic E-state index is -4.08. The lowest BCUT2D eigenvalue weighted by Gasteiger charge is -2.26. The number of anilines is 1. The van der Waals surface area contributed by atoms with Crippen molar-refractivity contribution in [2.75, 3.05) is 12.4 Å². The van der Waals surface area contributed by atoms with Gasteiger partial charge in [0.05, 0.1) is 12.2 Å². The highest BCUT2D eigenvalue weighted by atomic mass is 32.2. The molecule has 1 aromatic carbocycles. The molecule has 0 aliphatic carbocycles. The largest absolute Gasteiger partial charge is 0.443 e. The van der Waals surface area contributed by atoms with E-state index in [0.29, 0.717) is 23.6 Å². The van der Waals surface area contributed by atoms with Gasteiger partial charge in [-0.3, -0.25) is 5.32 Å². The Morgan fingerprint density at radius 1 is 1.23 bits per heavy atom. The van der Waals surface area contributed by atoms with Gasteiger partial charge >= 0.3 is 22.3 Å². The molecule has 0 unspecified atom stereocenters. The number of aromatic nitrogens is 2. The van der Waals surface area contributed by atoms with Gasteiger partial charge in [0.25, 0.3) is 0 Å². The Morgan fingerprint density at radius 3 is 2.55 bits per heavy atom. The predicted octanol–water partition coefficient (Wildman–Crippen LogP) is 1.98. The van der Waals surface area contributed by atoms with Crippen molar-refractivity contribution < 1.29 is 22.7 Å². The Labute approximate surface area is 180 Å². The van der Waals surface area contributed by atoms with Crippen LogP contribution < -0.4 is 14.8 Å². The first-order valence-corrected chi connectivity index (χ1v) is 10.9. The number of nitrogens with one attached hydrogen (secondary N) is 3. The van der Waals surface area contributed by atoms with E-state index in [4.69, 9.17) is 4.74 Å². The summed E-state index contributed by atoms with van der Waals surface area (Å²) in [5, 5.41) is 2.71. The molecule has 3 rings (SSSR count). The van der Waals surface area contributed by atoms with Crippen LogP contribution in [0.5, 0.6) is 0 Å². The Morgan fingerprint density at radius 2 is 1.90 bits per heavy atom. The molecule has 1 aromatic heterocycles. The van der Waals surface area contributed by atoms with E-state index < -0.39 is 21.9 Å². The number of carbonyl (C=O) groups excluding carboxylic acids is 2. The topological polar surface area (TPSA) is 143 Å². The van der Waals surface area contributed by atoms with Crippen molar-refractivity contribution in [3.63, 3.8) is 0 Å². The molecular weight excluding hydrogens is 424 g/mol. The van der Waals surface area contributed by atoms with Crippen LogP contribution >= 0.6 is 0 Å². The van der Waals surface area contributed by atoms with Gasteiger partial charge in [0.15, 0.2) is 0 Å². The molecule has 3 N–H and O–H groups in total. The van der Waals surface area contributed by atoms with Gasteiger partial charge in [-0.25, -0.2) is 24.3 Å². The summed E-state index contributed by atoms with van der Waals surface area (Å²) < 4.78 is 33.1. The first-order valence-electron chi connectivity index (χ1n) is 9.39. The summed E-state index contributed by atoms with van der Waals surface area (Å²) >= 11 is 0. The van der Waals surface area contributed by atoms with Gasteiger partial charge in [0.2, 0.25) is 0 Å². The second-order valence-electron chi connectivity index (χ2n) is 7.96. The fraction of sp³-hybridized carbons (Fsp3) is 0.368. The SMILES string of the molecule is CN1Cc2c(ncnc2-c2ccc(CNS(=O)(=O)NC(=O)OC(C)(C)C)cc2)NC1=O. The van der Waals surface area contributed by atoms with Gasteiger partial charge in [-0.15, -0.1) is 0 Å². The van der Waals surface area contributed by atoms with Crippen molar-refractivity contribution >= 4 is 28.2 Å². The van der Waals surface area contributed by atoms with E-state index in [9.17, 15) is 18.0 Å². The molecule has 166 valence electrons. The molecule has 31 heavy (non-hydrogen) atoms. The zero-order valence-electron chi connectivity index (χ0n) is 17.6. The third kappa shape index (κ3) is 5.89. The number of rotatable bonds is 5. The number of fused-ring (bicyclic) bond motifs is 1. The highest BCUT2D eigenvalue weighted by Crippen LogP contribution is 2.29. The maximum absolute atomic E-state index is 12.0. The number of hydrogen-bond acceptors (Lipinski definition) is 7. The van der Waals surface area contributed by atoms with E-state index >= 15 is 0 Å². The number of nitrogens with zero attached hydrogens (tertiary/aromatic N) is 3. The van der Waals surface area contributed by atoms with E-state index in [1.807, 2.05) is 0 Å². The molecule has 1 aliphatic rings. The van der Waals surface area contributed by atoms with Crippen LogP contribution in [0.15, 0.2) is 30.6 Å². The number of urea groups is 1. The molecule has 11 nitrogen and oxygen atoms in total. The van der Waals surface area contributed by atoms with Crippen LogP contribution in [0.25, 0.3) is 11.3 Å². The summed E-state index contributed by atoms with van der Waals surface area (Å²) in [7, 11) is -2.40. The van der Waals surface area contributed by atoms with Crippen LogP contribution in [0.2, 0.25) is 0 Å². The molecule has 0 saturated heterocycles. The lowest BCUT2D eigenvalue weighted by atomic mass is 10.0.